The Morgan fingerprint density at radius 3 is 2.71 bits per heavy atom. The van der Waals surface area contributed by atoms with Crippen LogP contribution in [0, 0.1) is 11.7 Å². The van der Waals surface area contributed by atoms with Crippen LogP contribution in [0.2, 0.25) is 0 Å². The first-order valence-electron chi connectivity index (χ1n) is 15.1. The summed E-state index contributed by atoms with van der Waals surface area (Å²) in [5.74, 6) is 6.60. The van der Waals surface area contributed by atoms with E-state index in [9.17, 15) is 14.3 Å². The molecule has 0 radical (unpaired) electrons. The lowest BCUT2D eigenvalue weighted by atomic mass is 9.86. The van der Waals surface area contributed by atoms with Crippen molar-refractivity contribution in [2.45, 2.75) is 49.9 Å². The fraction of sp³-hybridized carbons (Fsp3) is 0.324. The number of halogens is 1. The minimum atomic E-state index is -1.50. The lowest BCUT2D eigenvalue weighted by Crippen LogP contribution is -2.47. The van der Waals surface area contributed by atoms with Gasteiger partial charge in [0.2, 0.25) is 0 Å². The zero-order valence-electron chi connectivity index (χ0n) is 24.9. The van der Waals surface area contributed by atoms with Gasteiger partial charge in [-0.2, -0.15) is 0 Å². The fourth-order valence-corrected chi connectivity index (χ4v) is 5.93. The van der Waals surface area contributed by atoms with E-state index in [-0.39, 0.29) is 36.9 Å². The Morgan fingerprint density at radius 2 is 2.00 bits per heavy atom. The largest absolute Gasteiger partial charge is 0.488 e. The molecule has 2 atom stereocenters. The SMILES string of the molecule is C[C@]1(N(N)/C=C\N)COc2c1cc([C@@](O)(CNC(=O)c1cc(OC3CC3)c3ncccc3c1)C1CC1)nc2-c1ccc(F)cc1. The number of nitrogens with two attached hydrogens (primary N) is 2. The molecular weight excluding hydrogens is 575 g/mol. The summed E-state index contributed by atoms with van der Waals surface area (Å²) in [7, 11) is 0. The summed E-state index contributed by atoms with van der Waals surface area (Å²) in [4.78, 5) is 23.0. The highest BCUT2D eigenvalue weighted by Gasteiger charge is 2.49. The van der Waals surface area contributed by atoms with Gasteiger partial charge in [-0.15, -0.1) is 0 Å². The van der Waals surface area contributed by atoms with Crippen LogP contribution in [0.3, 0.4) is 0 Å². The number of fused-ring (bicyclic) bond motifs is 2. The van der Waals surface area contributed by atoms with Gasteiger partial charge in [0.25, 0.3) is 5.91 Å². The quantitative estimate of drug-likeness (QED) is 0.153. The summed E-state index contributed by atoms with van der Waals surface area (Å²) in [6, 6.07) is 14.9. The first-order valence-corrected chi connectivity index (χ1v) is 15.1. The van der Waals surface area contributed by atoms with Crippen molar-refractivity contribution < 1.29 is 23.8 Å². The molecule has 10 nitrogen and oxygen atoms in total. The van der Waals surface area contributed by atoms with Crippen molar-refractivity contribution in [1.82, 2.24) is 20.3 Å². The van der Waals surface area contributed by atoms with Crippen LogP contribution >= 0.6 is 0 Å². The number of hydrogen-bond donors (Lipinski definition) is 4. The number of nitrogens with zero attached hydrogens (tertiary/aromatic N) is 3. The van der Waals surface area contributed by atoms with Gasteiger partial charge in [-0.1, -0.05) is 6.07 Å². The summed E-state index contributed by atoms with van der Waals surface area (Å²) >= 11 is 0. The molecule has 1 amide bonds. The third kappa shape index (κ3) is 5.32. The number of ether oxygens (including phenoxy) is 2. The highest BCUT2D eigenvalue weighted by molar-refractivity contribution is 6.00. The fourth-order valence-electron chi connectivity index (χ4n) is 5.93. The van der Waals surface area contributed by atoms with E-state index >= 15 is 0 Å². The van der Waals surface area contributed by atoms with Crippen molar-refractivity contribution in [2.24, 2.45) is 17.5 Å². The smallest absolute Gasteiger partial charge is 0.251 e. The monoisotopic (exact) mass is 610 g/mol. The molecule has 0 unspecified atom stereocenters. The van der Waals surface area contributed by atoms with Crippen LogP contribution < -0.4 is 26.4 Å². The summed E-state index contributed by atoms with van der Waals surface area (Å²) in [6.45, 7) is 2.02. The van der Waals surface area contributed by atoms with E-state index < -0.39 is 11.1 Å². The highest BCUT2D eigenvalue weighted by Crippen LogP contribution is 2.50. The Kier molecular flexibility index (Phi) is 7.09. The van der Waals surface area contributed by atoms with E-state index in [0.717, 1.165) is 31.1 Å². The van der Waals surface area contributed by atoms with Crippen molar-refractivity contribution >= 4 is 16.8 Å². The van der Waals surface area contributed by atoms with Crippen molar-refractivity contribution in [2.75, 3.05) is 13.2 Å². The first kappa shape index (κ1) is 29.0. The second-order valence-electron chi connectivity index (χ2n) is 12.3. The topological polar surface area (TPSA) is 149 Å². The summed E-state index contributed by atoms with van der Waals surface area (Å²) < 4.78 is 26.1. The van der Waals surface area contributed by atoms with Crippen LogP contribution in [0.4, 0.5) is 4.39 Å². The van der Waals surface area contributed by atoms with Crippen LogP contribution in [0.15, 0.2) is 73.2 Å². The van der Waals surface area contributed by atoms with E-state index in [2.05, 4.69) is 10.3 Å². The van der Waals surface area contributed by atoms with Gasteiger partial charge in [-0.05, 0) is 87.1 Å². The maximum Gasteiger partial charge on any atom is 0.251 e. The molecule has 3 aliphatic rings. The van der Waals surface area contributed by atoms with E-state index in [1.54, 1.807) is 42.7 Å². The van der Waals surface area contributed by atoms with Gasteiger partial charge >= 0.3 is 0 Å². The molecule has 232 valence electrons. The number of nitrogens with one attached hydrogen (secondary N) is 1. The number of carbonyl (C=O) groups excluding carboxylic acids is 1. The maximum absolute atomic E-state index is 13.9. The predicted molar refractivity (Wildman–Crippen MR) is 166 cm³/mol. The second-order valence-corrected chi connectivity index (χ2v) is 12.3. The molecule has 2 aromatic carbocycles. The number of aromatic nitrogens is 2. The number of pyridine rings is 2. The van der Waals surface area contributed by atoms with Gasteiger partial charge in [0.1, 0.15) is 40.5 Å². The zero-order valence-corrected chi connectivity index (χ0v) is 24.9. The van der Waals surface area contributed by atoms with Gasteiger partial charge in [0.05, 0.1) is 18.3 Å². The van der Waals surface area contributed by atoms with Crippen LogP contribution in [-0.4, -0.2) is 45.2 Å². The molecule has 11 heteroatoms. The van der Waals surface area contributed by atoms with Gasteiger partial charge in [-0.25, -0.2) is 15.2 Å². The number of aliphatic hydroxyl groups is 1. The number of hydrogen-bond acceptors (Lipinski definition) is 9. The number of amides is 1. The third-order valence-electron chi connectivity index (χ3n) is 8.95. The van der Waals surface area contributed by atoms with Crippen molar-refractivity contribution in [3.63, 3.8) is 0 Å². The van der Waals surface area contributed by atoms with Gasteiger partial charge in [-0.3, -0.25) is 9.78 Å². The van der Waals surface area contributed by atoms with E-state index in [0.29, 0.717) is 45.1 Å². The second kappa shape index (κ2) is 11.0. The number of rotatable bonds is 10. The Bertz CT molecular complexity index is 1810. The summed E-state index contributed by atoms with van der Waals surface area (Å²) in [5, 5.41) is 17.6. The van der Waals surface area contributed by atoms with Crippen molar-refractivity contribution in [1.29, 1.82) is 0 Å². The highest BCUT2D eigenvalue weighted by atomic mass is 19.1. The van der Waals surface area contributed by atoms with Gasteiger partial charge in [0, 0.05) is 40.7 Å². The van der Waals surface area contributed by atoms with E-state index in [1.165, 1.54) is 23.3 Å². The number of carbonyl (C=O) groups is 1. The first-order chi connectivity index (χ1) is 21.7. The van der Waals surface area contributed by atoms with Gasteiger partial charge < -0.3 is 30.6 Å². The van der Waals surface area contributed by atoms with Crippen molar-refractivity contribution in [3.05, 3.63) is 95.8 Å². The molecule has 4 aromatic rings. The minimum Gasteiger partial charge on any atom is -0.488 e. The summed E-state index contributed by atoms with van der Waals surface area (Å²) in [5.41, 5.74) is 6.55. The lowest BCUT2D eigenvalue weighted by Gasteiger charge is -2.34. The van der Waals surface area contributed by atoms with E-state index in [1.807, 2.05) is 19.1 Å². The van der Waals surface area contributed by atoms with Crippen LogP contribution in [0.5, 0.6) is 11.5 Å². The number of benzene rings is 2. The minimum absolute atomic E-state index is 0.0817. The van der Waals surface area contributed by atoms with Crippen LogP contribution in [0.25, 0.3) is 22.2 Å². The Labute approximate surface area is 259 Å². The molecule has 6 N–H and O–H groups in total. The van der Waals surface area contributed by atoms with Crippen LogP contribution in [-0.2, 0) is 11.1 Å². The maximum atomic E-state index is 13.9. The molecule has 1 aliphatic heterocycles. The molecule has 7 rings (SSSR count). The molecule has 2 saturated carbocycles. The molecule has 45 heavy (non-hydrogen) atoms. The third-order valence-corrected chi connectivity index (χ3v) is 8.95. The standard InChI is InChI=1S/C34H35FN6O4/c1-33(41(37)14-12-36)19-44-31-26(33)17-28(40-30(31)20-4-8-24(35)9-5-20)34(43,23-6-7-23)18-39-32(42)22-15-21-3-2-13-38-29(21)27(16-22)45-25-10-11-25/h2-5,8-9,12-17,23,25,43H,6-7,10-11,18-19,36-37H2,1H3,(H,39,42)/b14-12-/t33-,34+/m0/s1. The molecule has 0 bridgehead atoms. The Balaban J connectivity index is 1.26. The van der Waals surface area contributed by atoms with E-state index in [4.69, 9.17) is 26.0 Å². The predicted octanol–water partition coefficient (Wildman–Crippen LogP) is 4.22. The molecule has 2 fully saturated rings. The normalized spacial score (nSPS) is 20.4. The van der Waals surface area contributed by atoms with Gasteiger partial charge in [0.15, 0.2) is 5.75 Å². The summed E-state index contributed by atoms with van der Waals surface area (Å²) in [6.07, 6.45) is 8.20. The average molecular weight is 611 g/mol. The molecule has 3 heterocycles. The molecule has 0 saturated heterocycles. The zero-order chi connectivity index (χ0) is 31.3. The molecule has 0 spiro atoms. The van der Waals surface area contributed by atoms with Crippen molar-refractivity contribution in [3.8, 4) is 22.8 Å². The lowest BCUT2D eigenvalue weighted by molar-refractivity contribution is 0.00936. The average Bonchev–Trinajstić information content (AvgIpc) is 3.99. The molecule has 2 aliphatic carbocycles. The molecular formula is C34H35FN6O4. The number of hydrazine groups is 1. The molecule has 2 aromatic heterocycles. The Hall–Kier alpha value is -4.74. The Morgan fingerprint density at radius 1 is 1.22 bits per heavy atom. The van der Waals surface area contributed by atoms with Crippen LogP contribution in [0.1, 0.15) is 54.2 Å².